The first-order valence-electron chi connectivity index (χ1n) is 45.3. The summed E-state index contributed by atoms with van der Waals surface area (Å²) in [5, 5.41) is 373. The number of aliphatic hydroxyl groups is 31. The fourth-order valence-electron chi connectivity index (χ4n) is 18.3. The monoisotopic (exact) mass is 2090 g/mol. The van der Waals surface area contributed by atoms with Crippen LogP contribution in [0.5, 0.6) is 0 Å². The molecule has 11 fully saturated rings. The smallest absolute Gasteiger partial charge is 0.364 e. The van der Waals surface area contributed by atoms with Gasteiger partial charge < -0.3 is 289 Å². The van der Waals surface area contributed by atoms with Gasteiger partial charge in [-0.15, -0.1) is 0 Å². The third-order valence-electron chi connectivity index (χ3n) is 25.9. The van der Waals surface area contributed by atoms with Gasteiger partial charge in [0.2, 0.25) is 29.5 Å². The number of hydrogen-bond donors (Lipinski definition) is 37. The molecular weight excluding hydrogens is 1960 g/mol. The van der Waals surface area contributed by atoms with Gasteiger partial charge in [-0.3, -0.25) is 24.0 Å². The van der Waals surface area contributed by atoms with Gasteiger partial charge in [-0.2, -0.15) is 0 Å². The van der Waals surface area contributed by atoms with E-state index in [4.69, 9.17) is 99.5 Å². The highest BCUT2D eigenvalue weighted by atomic mass is 16.8. The highest BCUT2D eigenvalue weighted by Crippen LogP contribution is 2.43. The zero-order chi connectivity index (χ0) is 106. The summed E-state index contributed by atoms with van der Waals surface area (Å²) in [5.41, 5.74) is 0. The molecule has 64 nitrogen and oxygen atoms in total. The molecule has 11 saturated heterocycles. The predicted molar refractivity (Wildman–Crippen MR) is 438 cm³/mol. The van der Waals surface area contributed by atoms with Gasteiger partial charge in [-0.05, 0) is 0 Å². The van der Waals surface area contributed by atoms with Crippen molar-refractivity contribution in [1.29, 1.82) is 0 Å². The topological polar surface area (TPSA) is 1000 Å². The van der Waals surface area contributed by atoms with Crippen molar-refractivity contribution in [2.75, 3.05) is 72.7 Å². The van der Waals surface area contributed by atoms with Crippen molar-refractivity contribution in [1.82, 2.24) is 26.6 Å². The lowest BCUT2D eigenvalue weighted by Gasteiger charge is -2.52. The summed E-state index contributed by atoms with van der Waals surface area (Å²) < 4.78 is 126. The van der Waals surface area contributed by atoms with Crippen LogP contribution in [0.3, 0.4) is 0 Å². The van der Waals surface area contributed by atoms with Crippen LogP contribution in [0.25, 0.3) is 0 Å². The molecule has 64 heteroatoms. The van der Waals surface area contributed by atoms with Crippen molar-refractivity contribution < 1.29 is 292 Å². The van der Waals surface area contributed by atoms with Crippen LogP contribution in [-0.4, -0.2) is 615 Å². The number of carboxylic acid groups (broad SMARTS) is 1. The van der Waals surface area contributed by atoms with Crippen molar-refractivity contribution in [3.63, 3.8) is 0 Å². The van der Waals surface area contributed by atoms with E-state index in [-0.39, 0.29) is 0 Å². The summed E-state index contributed by atoms with van der Waals surface area (Å²) >= 11 is 0. The van der Waals surface area contributed by atoms with E-state index >= 15 is 0 Å². The second-order valence-electron chi connectivity index (χ2n) is 36.0. The molecule has 37 N–H and O–H groups in total. The Hall–Kier alpha value is -5.26. The normalized spacial score (nSPS) is 47.8. The van der Waals surface area contributed by atoms with Crippen LogP contribution in [-0.2, 0) is 128 Å². The third kappa shape index (κ3) is 26.4. The molecular formula is C79H131N5O59. The largest absolute Gasteiger partial charge is 0.477 e. The number of ether oxygens (including phenoxy) is 21. The third-order valence-corrected chi connectivity index (χ3v) is 25.9. The van der Waals surface area contributed by atoms with E-state index < -0.39 is 458 Å². The number of amides is 5. The Bertz CT molecular complexity index is 4030. The van der Waals surface area contributed by atoms with Crippen LogP contribution < -0.4 is 26.6 Å². The SMILES string of the molecule is CC(=O)N[C@@H]1[C@@H](O)[C@H](O[C@@H]2O[C@H](CO)[C@@H](O[C@@H]3O[C@H](CO[C@H]4O[C@H](CO[C@H]5O[C@H](CO)[C@@H](O)[C@H](O)[C@@H]5O)[C@@H](O)[C@H](O[C@H]5O[C@H](CO)[C@@H](O)[C@H](O)[C@@H]5O)[C@@H]4O)[C@@H](O[C@@H]4O[C@H](CO)[C@@H](O)[C@H](O)[C@H]4NC(C)=O)[C@H](O[C@H]4O[C@H](CO)[C@@H](O)[C@H](O)[C@@H]4O[C@@H]4O[C@H](CO)[C@@H](O[C@@H]5O[C@H](CO[C@]6(C(=O)O)C[C@H](O)[C@@H](NC(C)=O)[C@H]([C@H](O)[C@H](O)CO)O6)[C@H](O)[C@H](O)[C@H]5O)[C@H](O)[C@H]4NC(C)=O)[C@@H]3O)[C@H](O)[C@H]2NC(C)=O)[C@@H](CO)O[C@H]1O. The summed E-state index contributed by atoms with van der Waals surface area (Å²) in [6, 6.07) is -9.88. The van der Waals surface area contributed by atoms with Crippen LogP contribution in [0, 0.1) is 0 Å². The number of carbonyl (C=O) groups excluding carboxylic acids is 5. The maximum Gasteiger partial charge on any atom is 0.364 e. The lowest BCUT2D eigenvalue weighted by atomic mass is 9.88. The zero-order valence-corrected chi connectivity index (χ0v) is 76.6. The Morgan fingerprint density at radius 3 is 1.06 bits per heavy atom. The van der Waals surface area contributed by atoms with Crippen LogP contribution >= 0.6 is 0 Å². The molecule has 0 unspecified atom stereocenters. The molecule has 0 aromatic carbocycles. The minimum Gasteiger partial charge on any atom is -0.477 e. The van der Waals surface area contributed by atoms with E-state index in [1.807, 2.05) is 0 Å². The van der Waals surface area contributed by atoms with Crippen LogP contribution in [0.15, 0.2) is 0 Å². The van der Waals surface area contributed by atoms with E-state index in [0.717, 1.165) is 34.6 Å². The van der Waals surface area contributed by atoms with Gasteiger partial charge in [0, 0.05) is 41.0 Å². The second-order valence-corrected chi connectivity index (χ2v) is 36.0. The fourth-order valence-corrected chi connectivity index (χ4v) is 18.3. The molecule has 0 aliphatic carbocycles. The van der Waals surface area contributed by atoms with E-state index in [1.165, 1.54) is 0 Å². The van der Waals surface area contributed by atoms with E-state index in [0.29, 0.717) is 0 Å². The van der Waals surface area contributed by atoms with E-state index in [2.05, 4.69) is 26.6 Å². The van der Waals surface area contributed by atoms with Gasteiger partial charge in [0.1, 0.15) is 262 Å². The minimum atomic E-state index is -3.15. The Labute approximate surface area is 808 Å². The molecule has 5 amide bonds. The number of carboxylic acids is 1. The van der Waals surface area contributed by atoms with Crippen molar-refractivity contribution in [2.45, 2.75) is 384 Å². The lowest BCUT2D eigenvalue weighted by molar-refractivity contribution is -0.408. The average molecular weight is 2090 g/mol. The molecule has 11 rings (SSSR count). The number of nitrogens with one attached hydrogen (secondary N) is 5. The van der Waals surface area contributed by atoms with Gasteiger partial charge >= 0.3 is 5.97 Å². The molecule has 143 heavy (non-hydrogen) atoms. The average Bonchev–Trinajstić information content (AvgIpc) is 0.756. The van der Waals surface area contributed by atoms with Gasteiger partial charge in [-0.25, -0.2) is 4.79 Å². The van der Waals surface area contributed by atoms with Gasteiger partial charge in [0.15, 0.2) is 62.9 Å². The molecule has 826 valence electrons. The van der Waals surface area contributed by atoms with Gasteiger partial charge in [0.25, 0.3) is 5.79 Å². The minimum absolute atomic E-state index is 0.823. The molecule has 0 aromatic heterocycles. The first kappa shape index (κ1) is 118. The quantitative estimate of drug-likeness (QED) is 0.0272. The summed E-state index contributed by atoms with van der Waals surface area (Å²) in [7, 11) is 0. The molecule has 0 radical (unpaired) electrons. The van der Waals surface area contributed by atoms with Crippen molar-refractivity contribution in [2.24, 2.45) is 0 Å². The second kappa shape index (κ2) is 51.2. The molecule has 0 bridgehead atoms. The number of carbonyl (C=O) groups is 6. The molecule has 11 aliphatic rings. The Morgan fingerprint density at radius 1 is 0.287 bits per heavy atom. The van der Waals surface area contributed by atoms with Crippen molar-refractivity contribution >= 4 is 35.5 Å². The molecule has 0 spiro atoms. The highest BCUT2D eigenvalue weighted by Gasteiger charge is 2.64. The van der Waals surface area contributed by atoms with Gasteiger partial charge in [0.05, 0.1) is 84.8 Å². The fraction of sp³-hybridized carbons (Fsp3) is 0.924. The van der Waals surface area contributed by atoms with E-state index in [9.17, 15) is 192 Å². The Balaban J connectivity index is 0.988. The molecule has 11 aliphatic heterocycles. The predicted octanol–water partition coefficient (Wildman–Crippen LogP) is -25.1. The molecule has 0 aromatic rings. The van der Waals surface area contributed by atoms with Crippen molar-refractivity contribution in [3.8, 4) is 0 Å². The molecule has 56 atom stereocenters. The molecule has 11 heterocycles. The number of hydrogen-bond acceptors (Lipinski definition) is 58. The summed E-state index contributed by atoms with van der Waals surface area (Å²) in [4.78, 5) is 77.8. The Kier molecular flexibility index (Phi) is 42.3. The van der Waals surface area contributed by atoms with Crippen molar-refractivity contribution in [3.05, 3.63) is 0 Å². The Morgan fingerprint density at radius 2 is 0.594 bits per heavy atom. The maximum atomic E-state index is 13.5. The summed E-state index contributed by atoms with van der Waals surface area (Å²) in [5.74, 6) is -10.2. The van der Waals surface area contributed by atoms with Gasteiger partial charge in [-0.1, -0.05) is 0 Å². The molecule has 0 saturated carbocycles. The van der Waals surface area contributed by atoms with Crippen LogP contribution in [0.2, 0.25) is 0 Å². The number of aliphatic carboxylic acids is 1. The standard InChI is InChI=1S/C79H131N5O59/c1-18(93)80-35-23(98)6-79(78(121)122,143-64(35)40(100)24(99)7-85)125-17-33-45(105)53(113)57(117)75(134-33)137-61-30(13-91)132-71(39(50(61)110)84-22(5)97)142-67-54(114)44(104)28(11-89)130-77(67)141-66-59(119)76(138-62-31(14-92)131-70(38(49(62)109)83-21(4)96)136-60-29(12-90)126-68(120)36(48(60)108)81-19(2)94)135-34(63(66)139-69-37(82-20(3)95)47(107)41(101)25(8-86)127-69)16-124-73-58(118)65(140-74-56(116)52(112)43(103)27(10-88)129-74)46(106)32(133-73)15-123-72-55(115)51(111)42(102)26(9-87)128-72/h23-77,85-92,98-120H,6-17H2,1-5H3,(H,80,93)(H,81,94)(H,82,95)(H,83,96)(H,84,97)(H,121,122)/t23-,24+,25+,26+,27+,28+,29+,30+,31+,32+,33+,34+,35+,36+,37+,38+,39+,40+,41+,42+,43+,44+,45-,46+,47+,48+,49+,50+,51-,52-,53-,54-,55-,56-,57+,58-,59-,60+,61+,62+,63+,64+,65-,66+,67-,68+,69-,70-,71-,72-,73-,74+,75-,76-,77+,79+/m0/s1. The highest BCUT2D eigenvalue weighted by molar-refractivity contribution is 5.77. The van der Waals surface area contributed by atoms with Crippen LogP contribution in [0.4, 0.5) is 0 Å². The van der Waals surface area contributed by atoms with Crippen LogP contribution in [0.1, 0.15) is 41.0 Å². The summed E-state index contributed by atoms with van der Waals surface area (Å²) in [6.45, 7) is -9.06. The number of rotatable bonds is 39. The zero-order valence-electron chi connectivity index (χ0n) is 76.6. The number of aliphatic hydroxyl groups excluding tert-OH is 31. The first-order chi connectivity index (χ1) is 67.5. The summed E-state index contributed by atoms with van der Waals surface area (Å²) in [6.07, 6.45) is -115. The van der Waals surface area contributed by atoms with E-state index in [1.54, 1.807) is 0 Å². The maximum absolute atomic E-state index is 13.5. The lowest BCUT2D eigenvalue weighted by Crippen LogP contribution is -2.71. The first-order valence-corrected chi connectivity index (χ1v) is 45.3.